The Balaban J connectivity index is 2.10. The van der Waals surface area contributed by atoms with Gasteiger partial charge in [0.1, 0.15) is 0 Å². The van der Waals surface area contributed by atoms with Crippen molar-refractivity contribution in [2.45, 2.75) is 70.2 Å². The van der Waals surface area contributed by atoms with E-state index in [4.69, 9.17) is 9.16 Å². The summed E-state index contributed by atoms with van der Waals surface area (Å²) in [5.74, 6) is -0.288. The van der Waals surface area contributed by atoms with Crippen LogP contribution in [-0.2, 0) is 15.8 Å². The average molecular weight is 353 g/mol. The molecule has 0 bridgehead atoms. The highest BCUT2D eigenvalue weighted by Gasteiger charge is 2.48. The zero-order valence-electron chi connectivity index (χ0n) is 15.5. The third kappa shape index (κ3) is 4.46. The van der Waals surface area contributed by atoms with Crippen LogP contribution in [0.25, 0.3) is 0 Å². The molecule has 2 rings (SSSR count). The molecule has 1 aliphatic carbocycles. The first-order valence-corrected chi connectivity index (χ1v) is 11.7. The Labute approximate surface area is 146 Å². The van der Waals surface area contributed by atoms with E-state index in [0.29, 0.717) is 13.0 Å². The Kier molecular flexibility index (Phi) is 6.26. The molecule has 5 heteroatoms. The van der Waals surface area contributed by atoms with Crippen molar-refractivity contribution in [3.05, 3.63) is 35.9 Å². The molecular formula is C19H32O4Si. The van der Waals surface area contributed by atoms with Crippen molar-refractivity contribution in [3.63, 3.8) is 0 Å². The number of benzene rings is 1. The number of hydrogen-bond acceptors (Lipinski definition) is 4. The predicted molar refractivity (Wildman–Crippen MR) is 98.3 cm³/mol. The van der Waals surface area contributed by atoms with Gasteiger partial charge in [-0.05, 0) is 23.7 Å². The Morgan fingerprint density at radius 3 is 2.33 bits per heavy atom. The number of aliphatic hydroxyl groups is 2. The van der Waals surface area contributed by atoms with Gasteiger partial charge in [-0.3, -0.25) is 0 Å². The smallest absolute Gasteiger partial charge is 0.192 e. The van der Waals surface area contributed by atoms with Crippen LogP contribution in [0.15, 0.2) is 30.3 Å². The van der Waals surface area contributed by atoms with E-state index in [2.05, 4.69) is 33.9 Å². The van der Waals surface area contributed by atoms with Crippen molar-refractivity contribution >= 4 is 8.32 Å². The standard InChI is InChI=1S/C19H32O4Si/c1-19(2,3)24(4,5)23-17-11-16(21)15(12-20)18(17)22-13-14-9-7-6-8-10-14/h6-10,15-18,20-21H,11-13H2,1-5H3/t15-,16-,17-,18+/m0/s1. The van der Waals surface area contributed by atoms with Crippen LogP contribution in [0.5, 0.6) is 0 Å². The molecule has 0 radical (unpaired) electrons. The van der Waals surface area contributed by atoms with Gasteiger partial charge < -0.3 is 19.4 Å². The molecule has 0 aliphatic heterocycles. The summed E-state index contributed by atoms with van der Waals surface area (Å²) in [6.45, 7) is 11.4. The maximum absolute atomic E-state index is 10.3. The minimum atomic E-state index is -1.96. The van der Waals surface area contributed by atoms with Gasteiger partial charge in [0, 0.05) is 12.3 Å². The molecule has 0 aromatic heterocycles. The zero-order chi connectivity index (χ0) is 18.0. The third-order valence-electron chi connectivity index (χ3n) is 5.50. The lowest BCUT2D eigenvalue weighted by Gasteiger charge is -2.40. The van der Waals surface area contributed by atoms with Crippen molar-refractivity contribution in [2.24, 2.45) is 5.92 Å². The van der Waals surface area contributed by atoms with E-state index in [1.165, 1.54) is 0 Å². The fourth-order valence-electron chi connectivity index (χ4n) is 2.94. The fraction of sp³-hybridized carbons (Fsp3) is 0.684. The minimum absolute atomic E-state index is 0.0853. The summed E-state index contributed by atoms with van der Waals surface area (Å²) in [4.78, 5) is 0. The number of aliphatic hydroxyl groups excluding tert-OH is 2. The molecule has 24 heavy (non-hydrogen) atoms. The quantitative estimate of drug-likeness (QED) is 0.771. The number of rotatable bonds is 6. The number of hydrogen-bond donors (Lipinski definition) is 2. The summed E-state index contributed by atoms with van der Waals surface area (Å²) in [7, 11) is -1.96. The predicted octanol–water partition coefficient (Wildman–Crippen LogP) is 3.34. The second kappa shape index (κ2) is 7.66. The summed E-state index contributed by atoms with van der Waals surface area (Å²) < 4.78 is 12.6. The normalized spacial score (nSPS) is 28.3. The Morgan fingerprint density at radius 1 is 1.17 bits per heavy atom. The average Bonchev–Trinajstić information content (AvgIpc) is 2.79. The van der Waals surface area contributed by atoms with Crippen molar-refractivity contribution in [2.75, 3.05) is 6.61 Å². The molecule has 1 aliphatic rings. The van der Waals surface area contributed by atoms with Crippen molar-refractivity contribution in [1.82, 2.24) is 0 Å². The molecular weight excluding hydrogens is 320 g/mol. The molecule has 0 amide bonds. The minimum Gasteiger partial charge on any atom is -0.411 e. The first kappa shape index (κ1) is 19.6. The van der Waals surface area contributed by atoms with E-state index < -0.39 is 14.4 Å². The van der Waals surface area contributed by atoms with Crippen LogP contribution in [0.2, 0.25) is 18.1 Å². The molecule has 136 valence electrons. The van der Waals surface area contributed by atoms with Crippen LogP contribution >= 0.6 is 0 Å². The monoisotopic (exact) mass is 352 g/mol. The molecule has 4 nitrogen and oxygen atoms in total. The highest BCUT2D eigenvalue weighted by Crippen LogP contribution is 2.41. The van der Waals surface area contributed by atoms with Gasteiger partial charge in [-0.1, -0.05) is 51.1 Å². The Bertz CT molecular complexity index is 512. The van der Waals surface area contributed by atoms with Crippen LogP contribution in [0.1, 0.15) is 32.8 Å². The van der Waals surface area contributed by atoms with Gasteiger partial charge in [0.25, 0.3) is 0 Å². The summed E-state index contributed by atoms with van der Waals surface area (Å²) >= 11 is 0. The van der Waals surface area contributed by atoms with Gasteiger partial charge >= 0.3 is 0 Å². The van der Waals surface area contributed by atoms with Gasteiger partial charge in [0.2, 0.25) is 0 Å². The molecule has 1 aromatic carbocycles. The third-order valence-corrected chi connectivity index (χ3v) is 10.0. The second-order valence-electron chi connectivity index (χ2n) is 8.33. The highest BCUT2D eigenvalue weighted by atomic mass is 28.4. The largest absolute Gasteiger partial charge is 0.411 e. The summed E-state index contributed by atoms with van der Waals surface area (Å²) in [5, 5.41) is 20.1. The second-order valence-corrected chi connectivity index (χ2v) is 13.1. The molecule has 1 aromatic rings. The molecule has 0 heterocycles. The zero-order valence-corrected chi connectivity index (χ0v) is 16.5. The molecule has 4 atom stereocenters. The van der Waals surface area contributed by atoms with Gasteiger partial charge in [-0.15, -0.1) is 0 Å². The van der Waals surface area contributed by atoms with Gasteiger partial charge in [0.15, 0.2) is 8.32 Å². The maximum atomic E-state index is 10.3. The molecule has 1 saturated carbocycles. The molecule has 1 fully saturated rings. The lowest BCUT2D eigenvalue weighted by molar-refractivity contribution is -0.0619. The van der Waals surface area contributed by atoms with E-state index in [1.54, 1.807) is 0 Å². The first-order chi connectivity index (χ1) is 11.2. The van der Waals surface area contributed by atoms with Crippen LogP contribution in [0, 0.1) is 5.92 Å². The fourth-order valence-corrected chi connectivity index (χ4v) is 4.28. The summed E-state index contributed by atoms with van der Waals surface area (Å²) in [5.41, 5.74) is 1.08. The van der Waals surface area contributed by atoms with E-state index in [9.17, 15) is 10.2 Å². The summed E-state index contributed by atoms with van der Waals surface area (Å²) in [6.07, 6.45) is -0.497. The highest BCUT2D eigenvalue weighted by molar-refractivity contribution is 6.74. The van der Waals surface area contributed by atoms with Crippen molar-refractivity contribution in [1.29, 1.82) is 0 Å². The van der Waals surface area contributed by atoms with Crippen LogP contribution in [0.4, 0.5) is 0 Å². The van der Waals surface area contributed by atoms with Crippen LogP contribution in [-0.4, -0.2) is 43.4 Å². The van der Waals surface area contributed by atoms with Crippen LogP contribution in [0.3, 0.4) is 0 Å². The lowest BCUT2D eigenvalue weighted by Crippen LogP contribution is -2.47. The van der Waals surface area contributed by atoms with E-state index in [-0.39, 0.29) is 29.8 Å². The Hall–Kier alpha value is -0.723. The first-order valence-electron chi connectivity index (χ1n) is 8.78. The SMILES string of the molecule is CC(C)(C)[Si](C)(C)O[C@H]1C[C@H](O)[C@H](CO)[C@H]1OCc1ccccc1. The molecule has 0 spiro atoms. The lowest BCUT2D eigenvalue weighted by atomic mass is 10.1. The van der Waals surface area contributed by atoms with Gasteiger partial charge in [-0.25, -0.2) is 0 Å². The van der Waals surface area contributed by atoms with Gasteiger partial charge in [0.05, 0.1) is 31.5 Å². The Morgan fingerprint density at radius 2 is 1.79 bits per heavy atom. The molecule has 0 unspecified atom stereocenters. The van der Waals surface area contributed by atoms with E-state index in [0.717, 1.165) is 5.56 Å². The van der Waals surface area contributed by atoms with Crippen molar-refractivity contribution < 1.29 is 19.4 Å². The molecule has 0 saturated heterocycles. The summed E-state index contributed by atoms with van der Waals surface area (Å²) in [6, 6.07) is 9.97. The van der Waals surface area contributed by atoms with E-state index >= 15 is 0 Å². The number of ether oxygens (including phenoxy) is 1. The van der Waals surface area contributed by atoms with Crippen molar-refractivity contribution in [3.8, 4) is 0 Å². The van der Waals surface area contributed by atoms with E-state index in [1.807, 2.05) is 30.3 Å². The topological polar surface area (TPSA) is 58.9 Å². The van der Waals surface area contributed by atoms with Gasteiger partial charge in [-0.2, -0.15) is 0 Å². The van der Waals surface area contributed by atoms with Crippen LogP contribution < -0.4 is 0 Å². The maximum Gasteiger partial charge on any atom is 0.192 e. The molecule has 2 N–H and O–H groups in total.